The van der Waals surface area contributed by atoms with Crippen molar-refractivity contribution in [3.05, 3.63) is 0 Å². The van der Waals surface area contributed by atoms with Gasteiger partial charge in [0.15, 0.2) is 0 Å². The van der Waals surface area contributed by atoms with Gasteiger partial charge in [-0.25, -0.2) is 0 Å². The molecule has 0 atom stereocenters. The SMILES string of the molecule is CCCCCCCCCCCCCCCC(=O)O.CCCCCCCCCCCCCCCCCC(=O)[O-].[K+]. The van der Waals surface area contributed by atoms with Crippen molar-refractivity contribution in [2.24, 2.45) is 0 Å². The van der Waals surface area contributed by atoms with E-state index in [-0.39, 0.29) is 57.8 Å². The molecule has 0 unspecified atom stereocenters. The molecule has 0 saturated carbocycles. The first-order valence-electron chi connectivity index (χ1n) is 17.0. The molecule has 0 saturated heterocycles. The Balaban J connectivity index is -0.000000651. The molecule has 0 radical (unpaired) electrons. The van der Waals surface area contributed by atoms with E-state index in [1.807, 2.05) is 0 Å². The Bertz CT molecular complexity index is 470. The predicted molar refractivity (Wildman–Crippen MR) is 163 cm³/mol. The maximum atomic E-state index is 10.3. The van der Waals surface area contributed by atoms with Gasteiger partial charge < -0.3 is 15.0 Å². The Labute approximate surface area is 287 Å². The molecule has 4 nitrogen and oxygen atoms in total. The average molecular weight is 579 g/mol. The van der Waals surface area contributed by atoms with Crippen molar-refractivity contribution in [3.8, 4) is 0 Å². The van der Waals surface area contributed by atoms with Crippen LogP contribution in [0.4, 0.5) is 0 Å². The van der Waals surface area contributed by atoms with E-state index in [9.17, 15) is 14.7 Å². The molecule has 0 aromatic carbocycles. The standard InChI is InChI=1S/C18H36O2.C16H32O2.K/c1-2-3-4-5-6-7-8-9-10-11-12-13-14-15-16-17-18(19)20;1-2-3-4-5-6-7-8-9-10-11-12-13-14-15-16(17)18;/h2-17H2,1H3,(H,19,20);2-15H2,1H3,(H,17,18);/q;;+1/p-1. The number of carboxylic acids is 2. The summed E-state index contributed by atoms with van der Waals surface area (Å²) in [6.45, 7) is 4.53. The second-order valence-corrected chi connectivity index (χ2v) is 11.5. The third-order valence-corrected chi connectivity index (χ3v) is 7.48. The van der Waals surface area contributed by atoms with Crippen LogP contribution in [-0.4, -0.2) is 17.0 Å². The van der Waals surface area contributed by atoms with Gasteiger partial charge in [-0.2, -0.15) is 0 Å². The zero-order valence-electron chi connectivity index (χ0n) is 26.9. The molecule has 0 amide bonds. The summed E-state index contributed by atoms with van der Waals surface area (Å²) in [5, 5.41) is 18.7. The number of carbonyl (C=O) groups is 2. The minimum Gasteiger partial charge on any atom is -0.550 e. The van der Waals surface area contributed by atoms with Crippen LogP contribution < -0.4 is 56.5 Å². The fourth-order valence-corrected chi connectivity index (χ4v) is 4.93. The first-order valence-corrected chi connectivity index (χ1v) is 17.0. The van der Waals surface area contributed by atoms with Gasteiger partial charge in [-0.3, -0.25) is 4.79 Å². The quantitative estimate of drug-likeness (QED) is 0.0705. The van der Waals surface area contributed by atoms with Crippen molar-refractivity contribution >= 4 is 11.9 Å². The van der Waals surface area contributed by atoms with Crippen LogP contribution in [0.2, 0.25) is 0 Å². The van der Waals surface area contributed by atoms with Gasteiger partial charge in [0.05, 0.1) is 0 Å². The topological polar surface area (TPSA) is 77.4 Å². The van der Waals surface area contributed by atoms with Gasteiger partial charge in [0.25, 0.3) is 0 Å². The molecule has 5 heteroatoms. The third kappa shape index (κ3) is 48.6. The molecule has 0 aliphatic rings. The number of unbranched alkanes of at least 4 members (excludes halogenated alkanes) is 26. The van der Waals surface area contributed by atoms with Gasteiger partial charge in [0.2, 0.25) is 0 Å². The normalized spacial score (nSPS) is 10.5. The summed E-state index contributed by atoms with van der Waals surface area (Å²) >= 11 is 0. The fourth-order valence-electron chi connectivity index (χ4n) is 4.93. The molecule has 39 heavy (non-hydrogen) atoms. The van der Waals surface area contributed by atoms with E-state index in [2.05, 4.69) is 13.8 Å². The molecule has 0 rings (SSSR count). The maximum Gasteiger partial charge on any atom is 1.00 e. The summed E-state index contributed by atoms with van der Waals surface area (Å²) in [4.78, 5) is 20.5. The van der Waals surface area contributed by atoms with Crippen LogP contribution in [0.5, 0.6) is 0 Å². The smallest absolute Gasteiger partial charge is 0.550 e. The number of carboxylic acid groups (broad SMARTS) is 2. The van der Waals surface area contributed by atoms with Gasteiger partial charge in [-0.15, -0.1) is 0 Å². The number of aliphatic carboxylic acids is 2. The van der Waals surface area contributed by atoms with Crippen LogP contribution >= 0.6 is 0 Å². The molecular formula is C34H67KO4. The van der Waals surface area contributed by atoms with Crippen molar-refractivity contribution < 1.29 is 71.2 Å². The van der Waals surface area contributed by atoms with Crippen molar-refractivity contribution in [1.29, 1.82) is 0 Å². The summed E-state index contributed by atoms with van der Waals surface area (Å²) in [7, 11) is 0. The van der Waals surface area contributed by atoms with Gasteiger partial charge in [0, 0.05) is 12.4 Å². The van der Waals surface area contributed by atoms with Crippen molar-refractivity contribution in [1.82, 2.24) is 0 Å². The van der Waals surface area contributed by atoms with Crippen LogP contribution in [0.3, 0.4) is 0 Å². The van der Waals surface area contributed by atoms with Crippen LogP contribution in [-0.2, 0) is 9.59 Å². The van der Waals surface area contributed by atoms with Crippen molar-refractivity contribution in [2.75, 3.05) is 0 Å². The minimum atomic E-state index is -0.903. The molecule has 1 N–H and O–H groups in total. The van der Waals surface area contributed by atoms with E-state index >= 15 is 0 Å². The van der Waals surface area contributed by atoms with E-state index in [1.54, 1.807) is 0 Å². The molecule has 0 fully saturated rings. The van der Waals surface area contributed by atoms with Gasteiger partial charge >= 0.3 is 57.4 Å². The Morgan fingerprint density at radius 1 is 0.410 bits per heavy atom. The number of hydrogen-bond acceptors (Lipinski definition) is 3. The molecule has 0 spiro atoms. The first-order chi connectivity index (χ1) is 18.5. The van der Waals surface area contributed by atoms with Gasteiger partial charge in [0.1, 0.15) is 0 Å². The zero-order chi connectivity index (χ0) is 28.4. The monoisotopic (exact) mass is 578 g/mol. The Morgan fingerprint density at radius 3 is 0.821 bits per heavy atom. The van der Waals surface area contributed by atoms with Crippen LogP contribution in [0.15, 0.2) is 0 Å². The molecule has 228 valence electrons. The predicted octanol–water partition coefficient (Wildman–Crippen LogP) is 7.55. The average Bonchev–Trinajstić information content (AvgIpc) is 2.89. The second kappa shape index (κ2) is 40.7. The van der Waals surface area contributed by atoms with Gasteiger partial charge in [-0.1, -0.05) is 181 Å². The summed E-state index contributed by atoms with van der Waals surface area (Å²) in [6.07, 6.45) is 37.1. The van der Waals surface area contributed by atoms with Crippen LogP contribution in [0.25, 0.3) is 0 Å². The van der Waals surface area contributed by atoms with E-state index in [1.165, 1.54) is 154 Å². The largest absolute Gasteiger partial charge is 1.00 e. The number of carbonyl (C=O) groups excluding carboxylic acids is 1. The number of rotatable bonds is 30. The molecule has 0 bridgehead atoms. The Morgan fingerprint density at radius 2 is 0.615 bits per heavy atom. The van der Waals surface area contributed by atoms with Crippen LogP contribution in [0.1, 0.15) is 206 Å². The summed E-state index contributed by atoms with van der Waals surface area (Å²) in [6, 6.07) is 0. The summed E-state index contributed by atoms with van der Waals surface area (Å²) in [5.41, 5.74) is 0. The molecule has 0 aromatic rings. The molecule has 0 aliphatic carbocycles. The molecule has 0 aliphatic heterocycles. The summed E-state index contributed by atoms with van der Waals surface area (Å²) < 4.78 is 0. The van der Waals surface area contributed by atoms with Crippen molar-refractivity contribution in [3.63, 3.8) is 0 Å². The second-order valence-electron chi connectivity index (χ2n) is 11.5. The van der Waals surface area contributed by atoms with Crippen molar-refractivity contribution in [2.45, 2.75) is 206 Å². The minimum absolute atomic E-state index is 0. The zero-order valence-corrected chi connectivity index (χ0v) is 30.0. The molecule has 0 aromatic heterocycles. The van der Waals surface area contributed by atoms with Gasteiger partial charge in [-0.05, 0) is 19.3 Å². The molecular weight excluding hydrogens is 511 g/mol. The van der Waals surface area contributed by atoms with E-state index in [0.29, 0.717) is 6.42 Å². The van der Waals surface area contributed by atoms with E-state index in [4.69, 9.17) is 5.11 Å². The number of hydrogen-bond donors (Lipinski definition) is 1. The molecule has 0 heterocycles. The fraction of sp³-hybridized carbons (Fsp3) is 0.941. The summed E-state index contributed by atoms with van der Waals surface area (Å²) in [5.74, 6) is -1.56. The maximum absolute atomic E-state index is 10.3. The Kier molecular flexibility index (Phi) is 46.0. The third-order valence-electron chi connectivity index (χ3n) is 7.48. The first kappa shape index (κ1) is 44.0. The van der Waals surface area contributed by atoms with Crippen LogP contribution in [0, 0.1) is 0 Å². The Hall–Kier alpha value is 0.576. The van der Waals surface area contributed by atoms with E-state index < -0.39 is 11.9 Å². The van der Waals surface area contributed by atoms with E-state index in [0.717, 1.165) is 25.7 Å².